The first kappa shape index (κ1) is 25.2. The molecule has 1 N–H and O–H groups in total. The number of carbonyl (C=O) groups is 2. The lowest BCUT2D eigenvalue weighted by Gasteiger charge is -2.39. The molecule has 2 aliphatic rings. The topological polar surface area (TPSA) is 122 Å². The number of aromatic nitrogens is 2. The van der Waals surface area contributed by atoms with Crippen molar-refractivity contribution in [2.75, 3.05) is 24.2 Å². The third kappa shape index (κ3) is 5.84. The molecule has 0 bridgehead atoms. The van der Waals surface area contributed by atoms with Crippen LogP contribution in [0.1, 0.15) is 45.4 Å². The fourth-order valence-corrected chi connectivity index (χ4v) is 5.86. The lowest BCUT2D eigenvalue weighted by atomic mass is 9.82. The summed E-state index contributed by atoms with van der Waals surface area (Å²) in [6.45, 7) is 2.74. The Morgan fingerprint density at radius 3 is 2.26 bits per heavy atom. The SMILES string of the molecule is CC1CCC(C(=O)N(c2nn(-c3ccccc3)cc2OC(=O)O)C2CCN(S(C)(=O)=O)CC2)CC1. The Bertz CT molecular complexity index is 1150. The van der Waals surface area contributed by atoms with Gasteiger partial charge in [0.05, 0.1) is 18.1 Å². The van der Waals surface area contributed by atoms with E-state index in [0.717, 1.165) is 25.7 Å². The fourth-order valence-electron chi connectivity index (χ4n) is 4.99. The number of piperidine rings is 1. The van der Waals surface area contributed by atoms with E-state index >= 15 is 0 Å². The van der Waals surface area contributed by atoms with Crippen molar-refractivity contribution in [2.24, 2.45) is 11.8 Å². The molecule has 2 fully saturated rings. The molecule has 4 rings (SSSR count). The predicted molar refractivity (Wildman–Crippen MR) is 130 cm³/mol. The molecule has 35 heavy (non-hydrogen) atoms. The standard InChI is InChI=1S/C24H32N4O6S/c1-17-8-10-18(11-9-17)23(29)28(20-12-14-26(15-13-20)35(2,32)33)22-21(34-24(30)31)16-27(25-22)19-6-4-3-5-7-19/h3-7,16-18,20H,8-15H2,1-2H3,(H,30,31). The highest BCUT2D eigenvalue weighted by atomic mass is 32.2. The lowest BCUT2D eigenvalue weighted by Crippen LogP contribution is -2.51. The molecule has 0 atom stereocenters. The van der Waals surface area contributed by atoms with E-state index in [1.807, 2.05) is 30.3 Å². The molecule has 1 aromatic heterocycles. The molecule has 0 spiro atoms. The maximum Gasteiger partial charge on any atom is 0.511 e. The first-order valence-corrected chi connectivity index (χ1v) is 13.8. The summed E-state index contributed by atoms with van der Waals surface area (Å²) >= 11 is 0. The van der Waals surface area contributed by atoms with E-state index in [1.165, 1.54) is 21.4 Å². The Hall–Kier alpha value is -2.92. The average molecular weight is 505 g/mol. The van der Waals surface area contributed by atoms with Gasteiger partial charge in [-0.2, -0.15) is 0 Å². The molecule has 190 valence electrons. The van der Waals surface area contributed by atoms with Gasteiger partial charge in [0.15, 0.2) is 5.75 Å². The van der Waals surface area contributed by atoms with Crippen LogP contribution in [-0.4, -0.2) is 65.1 Å². The van der Waals surface area contributed by atoms with Crippen molar-refractivity contribution in [2.45, 2.75) is 51.5 Å². The van der Waals surface area contributed by atoms with Gasteiger partial charge in [-0.15, -0.1) is 5.10 Å². The maximum atomic E-state index is 13.9. The number of para-hydroxylation sites is 1. The highest BCUT2D eigenvalue weighted by Gasteiger charge is 2.38. The van der Waals surface area contributed by atoms with Crippen LogP contribution in [0.5, 0.6) is 5.75 Å². The molecule has 1 amide bonds. The first-order chi connectivity index (χ1) is 16.6. The quantitative estimate of drug-likeness (QED) is 0.597. The van der Waals surface area contributed by atoms with Gasteiger partial charge in [-0.25, -0.2) is 22.2 Å². The molecule has 1 aliphatic carbocycles. The highest BCUT2D eigenvalue weighted by Crippen LogP contribution is 2.37. The maximum absolute atomic E-state index is 13.9. The summed E-state index contributed by atoms with van der Waals surface area (Å²) in [6.07, 6.45) is 5.42. The second-order valence-electron chi connectivity index (χ2n) is 9.52. The Labute approximate surface area is 205 Å². The Balaban J connectivity index is 1.72. The summed E-state index contributed by atoms with van der Waals surface area (Å²) in [5.74, 6) is 0.387. The summed E-state index contributed by atoms with van der Waals surface area (Å²) in [6, 6.07) is 8.84. The summed E-state index contributed by atoms with van der Waals surface area (Å²) in [5.41, 5.74) is 0.694. The van der Waals surface area contributed by atoms with Gasteiger partial charge in [0.25, 0.3) is 0 Å². The highest BCUT2D eigenvalue weighted by molar-refractivity contribution is 7.88. The van der Waals surface area contributed by atoms with E-state index in [9.17, 15) is 23.1 Å². The van der Waals surface area contributed by atoms with Crippen LogP contribution in [0.4, 0.5) is 10.6 Å². The second-order valence-corrected chi connectivity index (χ2v) is 11.5. The normalized spacial score (nSPS) is 22.0. The third-order valence-corrected chi connectivity index (χ3v) is 8.27. The zero-order valence-corrected chi connectivity index (χ0v) is 20.9. The zero-order valence-electron chi connectivity index (χ0n) is 20.0. The molecular formula is C24H32N4O6S. The van der Waals surface area contributed by atoms with Crippen LogP contribution in [0.15, 0.2) is 36.5 Å². The zero-order chi connectivity index (χ0) is 25.2. The summed E-state index contributed by atoms with van der Waals surface area (Å²) < 4.78 is 32.0. The van der Waals surface area contributed by atoms with E-state index in [-0.39, 0.29) is 42.5 Å². The van der Waals surface area contributed by atoms with Crippen molar-refractivity contribution >= 4 is 27.9 Å². The summed E-state index contributed by atoms with van der Waals surface area (Å²) in [4.78, 5) is 27.0. The van der Waals surface area contributed by atoms with Gasteiger partial charge < -0.3 is 9.84 Å². The Morgan fingerprint density at radius 1 is 1.06 bits per heavy atom. The van der Waals surface area contributed by atoms with Gasteiger partial charge in [0, 0.05) is 25.0 Å². The molecule has 1 saturated heterocycles. The molecular weight excluding hydrogens is 472 g/mol. The van der Waals surface area contributed by atoms with Crippen LogP contribution >= 0.6 is 0 Å². The van der Waals surface area contributed by atoms with Gasteiger partial charge >= 0.3 is 6.16 Å². The number of carbonyl (C=O) groups excluding carboxylic acids is 1. The molecule has 1 aromatic carbocycles. The largest absolute Gasteiger partial charge is 0.511 e. The van der Waals surface area contributed by atoms with Crippen molar-refractivity contribution in [1.82, 2.24) is 14.1 Å². The van der Waals surface area contributed by atoms with E-state index in [2.05, 4.69) is 12.0 Å². The van der Waals surface area contributed by atoms with Gasteiger partial charge in [-0.3, -0.25) is 9.69 Å². The van der Waals surface area contributed by atoms with Crippen LogP contribution in [0, 0.1) is 11.8 Å². The minimum atomic E-state index is -3.33. The van der Waals surface area contributed by atoms with Crippen LogP contribution < -0.4 is 9.64 Å². The van der Waals surface area contributed by atoms with Crippen molar-refractivity contribution in [1.29, 1.82) is 0 Å². The van der Waals surface area contributed by atoms with Crippen LogP contribution in [-0.2, 0) is 14.8 Å². The van der Waals surface area contributed by atoms with Gasteiger partial charge in [0.2, 0.25) is 21.7 Å². The van der Waals surface area contributed by atoms with Crippen molar-refractivity contribution in [3.63, 3.8) is 0 Å². The van der Waals surface area contributed by atoms with Crippen molar-refractivity contribution < 1.29 is 27.9 Å². The molecule has 0 unspecified atom stereocenters. The molecule has 2 aromatic rings. The Morgan fingerprint density at radius 2 is 1.69 bits per heavy atom. The van der Waals surface area contributed by atoms with Gasteiger partial charge in [-0.1, -0.05) is 25.1 Å². The number of hydrogen-bond donors (Lipinski definition) is 1. The molecule has 11 heteroatoms. The van der Waals surface area contributed by atoms with E-state index in [0.29, 0.717) is 24.4 Å². The van der Waals surface area contributed by atoms with Gasteiger partial charge in [0.1, 0.15) is 0 Å². The smallest absolute Gasteiger partial charge is 0.449 e. The van der Waals surface area contributed by atoms with E-state index in [1.54, 1.807) is 4.90 Å². The number of amides is 1. The molecule has 1 aliphatic heterocycles. The summed E-state index contributed by atoms with van der Waals surface area (Å²) in [5, 5.41) is 14.0. The van der Waals surface area contributed by atoms with Crippen molar-refractivity contribution in [3.05, 3.63) is 36.5 Å². The predicted octanol–water partition coefficient (Wildman–Crippen LogP) is 3.51. The average Bonchev–Trinajstić information content (AvgIpc) is 3.22. The minimum absolute atomic E-state index is 0.0237. The van der Waals surface area contributed by atoms with E-state index < -0.39 is 16.2 Å². The number of nitrogens with zero attached hydrogens (tertiary/aromatic N) is 4. The van der Waals surface area contributed by atoms with Crippen LogP contribution in [0.25, 0.3) is 5.69 Å². The second kappa shape index (κ2) is 10.4. The monoisotopic (exact) mass is 504 g/mol. The Kier molecular flexibility index (Phi) is 7.46. The molecule has 1 saturated carbocycles. The van der Waals surface area contributed by atoms with Gasteiger partial charge in [-0.05, 0) is 56.6 Å². The third-order valence-electron chi connectivity index (χ3n) is 6.97. The fraction of sp³-hybridized carbons (Fsp3) is 0.542. The minimum Gasteiger partial charge on any atom is -0.449 e. The number of benzene rings is 1. The van der Waals surface area contributed by atoms with Crippen molar-refractivity contribution in [3.8, 4) is 11.4 Å². The summed E-state index contributed by atoms with van der Waals surface area (Å²) in [7, 11) is -3.33. The lowest BCUT2D eigenvalue weighted by molar-refractivity contribution is -0.124. The van der Waals surface area contributed by atoms with Crippen LogP contribution in [0.3, 0.4) is 0 Å². The molecule has 2 heterocycles. The molecule has 10 nitrogen and oxygen atoms in total. The number of ether oxygens (including phenoxy) is 1. The number of anilines is 1. The first-order valence-electron chi connectivity index (χ1n) is 12.0. The number of carboxylic acid groups (broad SMARTS) is 1. The number of sulfonamides is 1. The number of rotatable bonds is 6. The number of hydrogen-bond acceptors (Lipinski definition) is 6. The van der Waals surface area contributed by atoms with Crippen LogP contribution in [0.2, 0.25) is 0 Å². The molecule has 0 radical (unpaired) electrons. The van der Waals surface area contributed by atoms with E-state index in [4.69, 9.17) is 4.74 Å².